The van der Waals surface area contributed by atoms with Gasteiger partial charge in [0.25, 0.3) is 0 Å². The summed E-state index contributed by atoms with van der Waals surface area (Å²) in [6.45, 7) is 1.59. The van der Waals surface area contributed by atoms with Crippen molar-refractivity contribution in [3.8, 4) is 16.9 Å². The van der Waals surface area contributed by atoms with Crippen LogP contribution < -0.4 is 4.74 Å². The van der Waals surface area contributed by atoms with Gasteiger partial charge in [0.2, 0.25) is 0 Å². The Hall–Kier alpha value is -3.28. The van der Waals surface area contributed by atoms with Crippen molar-refractivity contribution in [2.24, 2.45) is 0 Å². The van der Waals surface area contributed by atoms with Crippen LogP contribution in [-0.2, 0) is 4.79 Å². The summed E-state index contributed by atoms with van der Waals surface area (Å²) in [6.07, 6.45) is 2.26. The third-order valence-corrected chi connectivity index (χ3v) is 6.94. The summed E-state index contributed by atoms with van der Waals surface area (Å²) in [7, 11) is 0. The predicted octanol–water partition coefficient (Wildman–Crippen LogP) is 8.11. The Labute approximate surface area is 218 Å². The highest BCUT2D eigenvalue weighted by Gasteiger charge is 2.08. The summed E-state index contributed by atoms with van der Waals surface area (Å²) in [5.74, 6) is 0.409. The van der Waals surface area contributed by atoms with Gasteiger partial charge in [0.1, 0.15) is 5.75 Å². The number of aryl methyl sites for hydroxylation is 1. The molecule has 0 spiro atoms. The molecule has 0 unspecified atom stereocenters. The lowest BCUT2D eigenvalue weighted by molar-refractivity contribution is -0.139. The molecule has 0 aliphatic carbocycles. The molecule has 0 atom stereocenters. The van der Waals surface area contributed by atoms with Crippen molar-refractivity contribution in [3.05, 3.63) is 124 Å². The smallest absolute Gasteiger partial charge is 0.341 e. The maximum Gasteiger partial charge on any atom is 0.341 e. The van der Waals surface area contributed by atoms with E-state index in [0.29, 0.717) is 5.75 Å². The molecule has 0 aromatic heterocycles. The highest BCUT2D eigenvalue weighted by atomic mass is 79.9. The van der Waals surface area contributed by atoms with Gasteiger partial charge in [-0.2, -0.15) is 0 Å². The van der Waals surface area contributed by atoms with E-state index in [-0.39, 0.29) is 6.61 Å². The molecule has 4 aromatic rings. The number of carbonyl (C=O) groups is 1. The maximum absolute atomic E-state index is 10.8. The minimum atomic E-state index is -0.981. The van der Waals surface area contributed by atoms with Gasteiger partial charge in [-0.1, -0.05) is 88.7 Å². The number of halogens is 1. The van der Waals surface area contributed by atoms with Crippen LogP contribution in [0.25, 0.3) is 16.7 Å². The SMILES string of the molecule is Cc1cc(SC/C=C(\c2ccc(Br)cc2)c2ccc(-c3ccccc3)cc2)ccc1OCC(=O)O. The van der Waals surface area contributed by atoms with Crippen molar-refractivity contribution in [2.75, 3.05) is 12.4 Å². The van der Waals surface area contributed by atoms with Crippen molar-refractivity contribution >= 4 is 39.2 Å². The van der Waals surface area contributed by atoms with Crippen LogP contribution in [0.3, 0.4) is 0 Å². The van der Waals surface area contributed by atoms with Crippen molar-refractivity contribution in [3.63, 3.8) is 0 Å². The number of ether oxygens (including phenoxy) is 1. The van der Waals surface area contributed by atoms with Crippen LogP contribution in [-0.4, -0.2) is 23.4 Å². The first kappa shape index (κ1) is 24.8. The number of benzene rings is 4. The first-order chi connectivity index (χ1) is 17.0. The lowest BCUT2D eigenvalue weighted by Crippen LogP contribution is -2.09. The molecular formula is C30H25BrO3S. The third-order valence-electron chi connectivity index (χ3n) is 5.49. The Morgan fingerprint density at radius 3 is 2.14 bits per heavy atom. The Morgan fingerprint density at radius 2 is 1.51 bits per heavy atom. The van der Waals surface area contributed by atoms with Gasteiger partial charge in [-0.3, -0.25) is 0 Å². The summed E-state index contributed by atoms with van der Waals surface area (Å²) in [6, 6.07) is 33.3. The second kappa shape index (κ2) is 11.9. The maximum atomic E-state index is 10.8. The molecule has 0 amide bonds. The largest absolute Gasteiger partial charge is 0.482 e. The normalized spacial score (nSPS) is 11.3. The number of thioether (sulfide) groups is 1. The molecule has 0 fully saturated rings. The molecule has 35 heavy (non-hydrogen) atoms. The average Bonchev–Trinajstić information content (AvgIpc) is 2.87. The highest BCUT2D eigenvalue weighted by Crippen LogP contribution is 2.30. The molecule has 0 heterocycles. The van der Waals surface area contributed by atoms with Crippen LogP contribution >= 0.6 is 27.7 Å². The Bertz CT molecular complexity index is 1310. The van der Waals surface area contributed by atoms with Gasteiger partial charge in [-0.25, -0.2) is 4.79 Å². The number of aliphatic carboxylic acids is 1. The van der Waals surface area contributed by atoms with Gasteiger partial charge >= 0.3 is 5.97 Å². The molecule has 0 saturated carbocycles. The molecule has 3 nitrogen and oxygen atoms in total. The van der Waals surface area contributed by atoms with Gasteiger partial charge in [0, 0.05) is 15.1 Å². The van der Waals surface area contributed by atoms with Gasteiger partial charge in [-0.15, -0.1) is 11.8 Å². The molecule has 1 N–H and O–H groups in total. The fourth-order valence-electron chi connectivity index (χ4n) is 3.74. The topological polar surface area (TPSA) is 46.5 Å². The monoisotopic (exact) mass is 544 g/mol. The Kier molecular flexibility index (Phi) is 8.45. The molecule has 4 rings (SSSR count). The Morgan fingerprint density at radius 1 is 0.886 bits per heavy atom. The molecule has 5 heteroatoms. The van der Waals surface area contributed by atoms with E-state index in [2.05, 4.69) is 94.8 Å². The number of hydrogen-bond acceptors (Lipinski definition) is 3. The number of hydrogen-bond donors (Lipinski definition) is 1. The number of carboxylic acid groups (broad SMARTS) is 1. The van der Waals surface area contributed by atoms with Crippen molar-refractivity contribution in [1.82, 2.24) is 0 Å². The van der Waals surface area contributed by atoms with Gasteiger partial charge < -0.3 is 9.84 Å². The highest BCUT2D eigenvalue weighted by molar-refractivity contribution is 9.10. The minimum Gasteiger partial charge on any atom is -0.482 e. The second-order valence-electron chi connectivity index (χ2n) is 7.99. The van der Waals surface area contributed by atoms with E-state index < -0.39 is 5.97 Å². The number of carboxylic acids is 1. The zero-order valence-electron chi connectivity index (χ0n) is 19.3. The van der Waals surface area contributed by atoms with Gasteiger partial charge in [0.05, 0.1) is 0 Å². The van der Waals surface area contributed by atoms with Crippen molar-refractivity contribution < 1.29 is 14.6 Å². The lowest BCUT2D eigenvalue weighted by atomic mass is 9.95. The van der Waals surface area contributed by atoms with Crippen LogP contribution in [0.4, 0.5) is 0 Å². The standard InChI is InChI=1S/C30H25BrO3S/c1-21-19-27(15-16-29(21)34-20-30(32)33)35-18-17-28(25-11-13-26(31)14-12-25)24-9-7-23(8-10-24)22-5-3-2-4-6-22/h2-17,19H,18,20H2,1H3,(H,32,33)/b28-17-. The quantitative estimate of drug-likeness (QED) is 0.216. The molecule has 0 aliphatic rings. The van der Waals surface area contributed by atoms with Crippen molar-refractivity contribution in [1.29, 1.82) is 0 Å². The summed E-state index contributed by atoms with van der Waals surface area (Å²) < 4.78 is 6.39. The molecular weight excluding hydrogens is 520 g/mol. The van der Waals surface area contributed by atoms with Crippen LogP contribution in [0.5, 0.6) is 5.75 Å². The zero-order valence-corrected chi connectivity index (χ0v) is 21.7. The average molecular weight is 545 g/mol. The molecule has 4 aromatic carbocycles. The van der Waals surface area contributed by atoms with E-state index >= 15 is 0 Å². The second-order valence-corrected chi connectivity index (χ2v) is 10.00. The van der Waals surface area contributed by atoms with Crippen LogP contribution in [0.2, 0.25) is 0 Å². The fraction of sp³-hybridized carbons (Fsp3) is 0.100. The first-order valence-corrected chi connectivity index (χ1v) is 13.0. The van der Waals surface area contributed by atoms with Crippen molar-refractivity contribution in [2.45, 2.75) is 11.8 Å². The van der Waals surface area contributed by atoms with Crippen LogP contribution in [0, 0.1) is 6.92 Å². The summed E-state index contributed by atoms with van der Waals surface area (Å²) in [5.41, 5.74) is 6.83. The van der Waals surface area contributed by atoms with Gasteiger partial charge in [0.15, 0.2) is 6.61 Å². The third kappa shape index (κ3) is 6.87. The molecule has 0 saturated heterocycles. The first-order valence-electron chi connectivity index (χ1n) is 11.2. The summed E-state index contributed by atoms with van der Waals surface area (Å²) in [4.78, 5) is 11.9. The fourth-order valence-corrected chi connectivity index (χ4v) is 4.87. The molecule has 176 valence electrons. The van der Waals surface area contributed by atoms with E-state index in [4.69, 9.17) is 9.84 Å². The predicted molar refractivity (Wildman–Crippen MR) is 148 cm³/mol. The number of rotatable bonds is 9. The van der Waals surface area contributed by atoms with E-state index in [1.54, 1.807) is 11.8 Å². The van der Waals surface area contributed by atoms with Crippen LogP contribution in [0.15, 0.2) is 113 Å². The molecule has 0 radical (unpaired) electrons. The summed E-state index contributed by atoms with van der Waals surface area (Å²) >= 11 is 5.27. The zero-order chi connectivity index (χ0) is 24.6. The minimum absolute atomic E-state index is 0.338. The van der Waals surface area contributed by atoms with Gasteiger partial charge in [-0.05, 0) is 70.6 Å². The van der Waals surface area contributed by atoms with E-state index in [1.807, 2.05) is 31.2 Å². The van der Waals surface area contributed by atoms with E-state index in [9.17, 15) is 4.79 Å². The van der Waals surface area contributed by atoms with Crippen LogP contribution in [0.1, 0.15) is 16.7 Å². The lowest BCUT2D eigenvalue weighted by Gasteiger charge is -2.11. The molecule has 0 aliphatic heterocycles. The molecule has 0 bridgehead atoms. The Balaban J connectivity index is 1.54. The summed E-state index contributed by atoms with van der Waals surface area (Å²) in [5, 5.41) is 8.83. The van der Waals surface area contributed by atoms with E-state index in [1.165, 1.54) is 22.3 Å². The van der Waals surface area contributed by atoms with E-state index in [0.717, 1.165) is 26.2 Å².